The van der Waals surface area contributed by atoms with Gasteiger partial charge in [0.05, 0.1) is 23.5 Å². The van der Waals surface area contributed by atoms with Gasteiger partial charge in [0.2, 0.25) is 0 Å². The zero-order valence-electron chi connectivity index (χ0n) is 11.1. The van der Waals surface area contributed by atoms with Crippen LogP contribution in [0.15, 0.2) is 35.5 Å². The van der Waals surface area contributed by atoms with Crippen LogP contribution in [0.3, 0.4) is 0 Å². The van der Waals surface area contributed by atoms with Crippen LogP contribution in [0, 0.1) is 11.8 Å². The minimum atomic E-state index is -1.06. The van der Waals surface area contributed by atoms with E-state index in [1.54, 1.807) is 6.08 Å². The first-order valence-electron chi connectivity index (χ1n) is 6.52. The highest BCUT2D eigenvalue weighted by Crippen LogP contribution is 2.50. The minimum absolute atomic E-state index is 0.297. The number of fused-ring (bicyclic) bond motifs is 3. The van der Waals surface area contributed by atoms with Gasteiger partial charge in [-0.1, -0.05) is 24.3 Å². The Labute approximate surface area is 112 Å². The Morgan fingerprint density at radius 3 is 2.84 bits per heavy atom. The Balaban J connectivity index is 2.14. The third-order valence-electron chi connectivity index (χ3n) is 4.80. The maximum atomic E-state index is 11.7. The average molecular weight is 262 g/mol. The Morgan fingerprint density at radius 2 is 2.16 bits per heavy atom. The summed E-state index contributed by atoms with van der Waals surface area (Å²) in [6.45, 7) is 7.48. The largest absolute Gasteiger partial charge is 0.457 e. The lowest BCUT2D eigenvalue weighted by Gasteiger charge is -2.35. The quantitative estimate of drug-likeness (QED) is 0.390. The summed E-state index contributed by atoms with van der Waals surface area (Å²) >= 11 is 0. The molecule has 5 atom stereocenters. The molecule has 0 aromatic heterocycles. The van der Waals surface area contributed by atoms with Gasteiger partial charge in [-0.25, -0.2) is 4.79 Å². The van der Waals surface area contributed by atoms with Crippen LogP contribution in [0.2, 0.25) is 0 Å². The molecule has 0 amide bonds. The number of ether oxygens (including phenoxy) is 1. The monoisotopic (exact) mass is 262 g/mol. The van der Waals surface area contributed by atoms with Crippen LogP contribution in [0.5, 0.6) is 0 Å². The van der Waals surface area contributed by atoms with Gasteiger partial charge < -0.3 is 14.9 Å². The van der Waals surface area contributed by atoms with Crippen LogP contribution < -0.4 is 0 Å². The van der Waals surface area contributed by atoms with E-state index in [9.17, 15) is 15.0 Å². The molecule has 3 rings (SSSR count). The van der Waals surface area contributed by atoms with Crippen molar-refractivity contribution in [3.63, 3.8) is 0 Å². The summed E-state index contributed by atoms with van der Waals surface area (Å²) in [5.74, 6) is -1.24. The molecule has 102 valence electrons. The maximum Gasteiger partial charge on any atom is 0.334 e. The van der Waals surface area contributed by atoms with Gasteiger partial charge in [-0.15, -0.1) is 0 Å². The SMILES string of the molecule is C=C1C(=O)OC2C1C(O)C=C(C)C1(O)CC=C(C)C21. The molecule has 19 heavy (non-hydrogen) atoms. The summed E-state index contributed by atoms with van der Waals surface area (Å²) < 4.78 is 5.39. The van der Waals surface area contributed by atoms with Gasteiger partial charge in [-0.05, 0) is 25.8 Å². The summed E-state index contributed by atoms with van der Waals surface area (Å²) in [4.78, 5) is 11.7. The van der Waals surface area contributed by atoms with E-state index in [-0.39, 0.29) is 5.92 Å². The molecule has 4 heteroatoms. The third-order valence-corrected chi connectivity index (χ3v) is 4.80. The molecule has 3 aliphatic rings. The molecule has 1 heterocycles. The van der Waals surface area contributed by atoms with E-state index in [0.29, 0.717) is 12.0 Å². The number of aliphatic hydroxyl groups excluding tert-OH is 1. The van der Waals surface area contributed by atoms with Gasteiger partial charge in [0, 0.05) is 5.57 Å². The molecule has 0 spiro atoms. The molecular formula is C15H18O4. The molecule has 4 nitrogen and oxygen atoms in total. The Hall–Kier alpha value is -1.39. The fourth-order valence-electron chi connectivity index (χ4n) is 3.67. The van der Waals surface area contributed by atoms with Crippen LogP contribution in [-0.4, -0.2) is 34.0 Å². The van der Waals surface area contributed by atoms with Crippen LogP contribution in [-0.2, 0) is 9.53 Å². The van der Waals surface area contributed by atoms with Crippen molar-refractivity contribution in [3.05, 3.63) is 35.5 Å². The number of esters is 1. The fraction of sp³-hybridized carbons (Fsp3) is 0.533. The normalized spacial score (nSPS) is 45.1. The smallest absolute Gasteiger partial charge is 0.334 e. The number of carbonyl (C=O) groups excluding carboxylic acids is 1. The number of aliphatic hydroxyl groups is 2. The second-order valence-electron chi connectivity index (χ2n) is 5.82. The Morgan fingerprint density at radius 1 is 1.47 bits per heavy atom. The van der Waals surface area contributed by atoms with Crippen molar-refractivity contribution in [3.8, 4) is 0 Å². The molecule has 2 N–H and O–H groups in total. The van der Waals surface area contributed by atoms with Crippen LogP contribution in [0.25, 0.3) is 0 Å². The van der Waals surface area contributed by atoms with E-state index >= 15 is 0 Å². The molecule has 2 aliphatic carbocycles. The lowest BCUT2D eigenvalue weighted by Crippen LogP contribution is -2.44. The molecule has 0 aromatic carbocycles. The summed E-state index contributed by atoms with van der Waals surface area (Å²) in [7, 11) is 0. The van der Waals surface area contributed by atoms with E-state index < -0.39 is 29.7 Å². The van der Waals surface area contributed by atoms with Crippen molar-refractivity contribution in [2.24, 2.45) is 11.8 Å². The highest BCUT2D eigenvalue weighted by molar-refractivity contribution is 5.91. The van der Waals surface area contributed by atoms with Crippen molar-refractivity contribution < 1.29 is 19.7 Å². The predicted octanol–water partition coefficient (Wildman–Crippen LogP) is 1.10. The summed E-state index contributed by atoms with van der Waals surface area (Å²) in [6, 6.07) is 0. The molecule has 1 saturated heterocycles. The van der Waals surface area contributed by atoms with Crippen molar-refractivity contribution in [1.82, 2.24) is 0 Å². The fourth-order valence-corrected chi connectivity index (χ4v) is 3.67. The first-order chi connectivity index (χ1) is 8.86. The van der Waals surface area contributed by atoms with Crippen molar-refractivity contribution in [2.45, 2.75) is 38.1 Å². The molecule has 0 bridgehead atoms. The molecule has 1 fully saturated rings. The second-order valence-corrected chi connectivity index (χ2v) is 5.82. The molecule has 1 aliphatic heterocycles. The first-order valence-corrected chi connectivity index (χ1v) is 6.52. The number of rotatable bonds is 0. The van der Waals surface area contributed by atoms with Crippen molar-refractivity contribution in [2.75, 3.05) is 0 Å². The van der Waals surface area contributed by atoms with Gasteiger partial charge in [0.1, 0.15) is 6.10 Å². The summed E-state index contributed by atoms with van der Waals surface area (Å²) in [5.41, 5.74) is 0.971. The number of carbonyl (C=O) groups is 1. The van der Waals surface area contributed by atoms with Gasteiger partial charge >= 0.3 is 5.97 Å². The Kier molecular flexibility index (Phi) is 2.53. The number of hydrogen-bond acceptors (Lipinski definition) is 4. The van der Waals surface area contributed by atoms with Crippen LogP contribution >= 0.6 is 0 Å². The Bertz CT molecular complexity index is 530. The molecule has 0 radical (unpaired) electrons. The van der Waals surface area contributed by atoms with Crippen molar-refractivity contribution in [1.29, 1.82) is 0 Å². The molecule has 5 unspecified atom stereocenters. The molecular weight excluding hydrogens is 244 g/mol. The zero-order valence-corrected chi connectivity index (χ0v) is 11.1. The minimum Gasteiger partial charge on any atom is -0.457 e. The van der Waals surface area contributed by atoms with Crippen molar-refractivity contribution >= 4 is 5.97 Å². The van der Waals surface area contributed by atoms with E-state index in [1.165, 1.54) is 0 Å². The lowest BCUT2D eigenvalue weighted by molar-refractivity contribution is -0.144. The van der Waals surface area contributed by atoms with Gasteiger partial charge in [0.25, 0.3) is 0 Å². The van der Waals surface area contributed by atoms with Gasteiger partial charge in [-0.3, -0.25) is 0 Å². The highest BCUT2D eigenvalue weighted by atomic mass is 16.6. The van der Waals surface area contributed by atoms with E-state index in [0.717, 1.165) is 11.1 Å². The van der Waals surface area contributed by atoms with Gasteiger partial charge in [-0.2, -0.15) is 0 Å². The topological polar surface area (TPSA) is 66.8 Å². The van der Waals surface area contributed by atoms with Crippen LogP contribution in [0.4, 0.5) is 0 Å². The van der Waals surface area contributed by atoms with E-state index in [4.69, 9.17) is 4.74 Å². The first kappa shape index (κ1) is 12.6. The molecule has 0 saturated carbocycles. The van der Waals surface area contributed by atoms with Gasteiger partial charge in [0.15, 0.2) is 0 Å². The highest BCUT2D eigenvalue weighted by Gasteiger charge is 2.57. The molecule has 0 aromatic rings. The summed E-state index contributed by atoms with van der Waals surface area (Å²) in [5, 5.41) is 21.2. The third kappa shape index (κ3) is 1.50. The maximum absolute atomic E-state index is 11.7. The van der Waals surface area contributed by atoms with E-state index in [1.807, 2.05) is 19.9 Å². The van der Waals surface area contributed by atoms with E-state index in [2.05, 4.69) is 6.58 Å². The predicted molar refractivity (Wildman–Crippen MR) is 69.1 cm³/mol. The standard InChI is InChI=1S/C15H18O4/c1-7-4-5-15(18)8(2)6-10(16)11-9(3)14(17)19-13(11)12(7)15/h4,6,10-13,16,18H,3,5H2,1-2H3. The summed E-state index contributed by atoms with van der Waals surface area (Å²) in [6.07, 6.45) is 2.73. The lowest BCUT2D eigenvalue weighted by atomic mass is 9.76. The number of hydrogen-bond donors (Lipinski definition) is 2. The second kappa shape index (κ2) is 3.81. The van der Waals surface area contributed by atoms with Crippen LogP contribution in [0.1, 0.15) is 20.3 Å². The average Bonchev–Trinajstić information content (AvgIpc) is 2.76. The zero-order chi connectivity index (χ0) is 13.9.